The van der Waals surface area contributed by atoms with Crippen molar-refractivity contribution in [1.29, 1.82) is 0 Å². The summed E-state index contributed by atoms with van der Waals surface area (Å²) in [4.78, 5) is 25.6. The normalized spacial score (nSPS) is 15.8. The first-order valence-corrected chi connectivity index (χ1v) is 12.6. The highest BCUT2D eigenvalue weighted by atomic mass is 32.2. The van der Waals surface area contributed by atoms with Gasteiger partial charge < -0.3 is 13.9 Å². The molecule has 1 amide bonds. The van der Waals surface area contributed by atoms with E-state index in [1.165, 1.54) is 23.3 Å². The van der Waals surface area contributed by atoms with Crippen molar-refractivity contribution in [2.45, 2.75) is 20.4 Å². The quantitative estimate of drug-likeness (QED) is 0.141. The maximum atomic E-state index is 13.2. The molecule has 1 saturated heterocycles. The minimum absolute atomic E-state index is 0.0234. The molecule has 0 N–H and O–H groups in total. The number of amidine groups is 1. The van der Waals surface area contributed by atoms with E-state index in [0.29, 0.717) is 45.4 Å². The molecule has 11 heteroatoms. The molecule has 1 fully saturated rings. The van der Waals surface area contributed by atoms with Crippen molar-refractivity contribution in [2.75, 3.05) is 13.7 Å². The molecular formula is C27H26N4O6S. The average molecular weight is 535 g/mol. The number of hydrogen-bond donors (Lipinski definition) is 0. The van der Waals surface area contributed by atoms with Crippen LogP contribution in [-0.2, 0) is 11.3 Å². The lowest BCUT2D eigenvalue weighted by atomic mass is 10.2. The Morgan fingerprint density at radius 1 is 1.13 bits per heavy atom. The Bertz CT molecular complexity index is 1380. The molecule has 2 aromatic carbocycles. The Kier molecular flexibility index (Phi) is 8.59. The van der Waals surface area contributed by atoms with Gasteiger partial charge in [0.1, 0.15) is 5.76 Å². The van der Waals surface area contributed by atoms with E-state index in [2.05, 4.69) is 24.1 Å². The van der Waals surface area contributed by atoms with Gasteiger partial charge in [0.25, 0.3) is 11.6 Å². The molecule has 3 aromatic rings. The minimum Gasteiger partial charge on any atom is -0.493 e. The molecule has 0 atom stereocenters. The molecule has 1 aliphatic rings. The van der Waals surface area contributed by atoms with Crippen molar-refractivity contribution in [1.82, 2.24) is 4.90 Å². The van der Waals surface area contributed by atoms with Crippen LogP contribution in [0.3, 0.4) is 0 Å². The van der Waals surface area contributed by atoms with Crippen LogP contribution in [0.15, 0.2) is 80.4 Å². The van der Waals surface area contributed by atoms with Crippen LogP contribution in [0.25, 0.3) is 6.08 Å². The third-order valence-corrected chi connectivity index (χ3v) is 6.29. The maximum Gasteiger partial charge on any atom is 0.269 e. The molecule has 10 nitrogen and oxygen atoms in total. The highest BCUT2D eigenvalue weighted by Gasteiger charge is 2.34. The van der Waals surface area contributed by atoms with Crippen molar-refractivity contribution < 1.29 is 23.6 Å². The first-order chi connectivity index (χ1) is 18.3. The second-order valence-electron chi connectivity index (χ2n) is 8.67. The standard InChI is InChI=1S/C27H26N4O6S/c1-18(2)17-37-23-11-8-20(13-24(23)35-3)15-28-29-27-30(16-22-5-4-12-36-22)26(32)25(38-27)14-19-6-9-21(10-7-19)31(33)34/h4-15,18H,16-17H2,1-3H3/b25-14-,28-15+,29-27-. The van der Waals surface area contributed by atoms with Gasteiger partial charge >= 0.3 is 0 Å². The number of amides is 1. The van der Waals surface area contributed by atoms with Crippen LogP contribution < -0.4 is 9.47 Å². The van der Waals surface area contributed by atoms with E-state index in [1.54, 1.807) is 49.7 Å². The number of rotatable bonds is 10. The number of methoxy groups -OCH3 is 1. The fraction of sp³-hybridized carbons (Fsp3) is 0.222. The summed E-state index contributed by atoms with van der Waals surface area (Å²) in [6, 6.07) is 14.9. The fourth-order valence-electron chi connectivity index (χ4n) is 3.41. The minimum atomic E-state index is -0.470. The van der Waals surface area contributed by atoms with Gasteiger partial charge in [0, 0.05) is 12.1 Å². The number of nitro benzene ring substituents is 1. The Labute approximate surface area is 223 Å². The number of thioether (sulfide) groups is 1. The molecule has 196 valence electrons. The predicted octanol–water partition coefficient (Wildman–Crippen LogP) is 5.74. The van der Waals surface area contributed by atoms with Crippen molar-refractivity contribution in [3.63, 3.8) is 0 Å². The van der Waals surface area contributed by atoms with Gasteiger partial charge in [-0.1, -0.05) is 13.8 Å². The first-order valence-electron chi connectivity index (χ1n) is 11.7. The number of carbonyl (C=O) groups is 1. The molecular weight excluding hydrogens is 508 g/mol. The number of ether oxygens (including phenoxy) is 2. The van der Waals surface area contributed by atoms with Crippen LogP contribution in [-0.4, -0.2) is 40.8 Å². The number of benzene rings is 2. The third-order valence-electron chi connectivity index (χ3n) is 5.29. The summed E-state index contributed by atoms with van der Waals surface area (Å²) < 4.78 is 16.7. The molecule has 1 aromatic heterocycles. The van der Waals surface area contributed by atoms with Crippen molar-refractivity contribution >= 4 is 40.8 Å². The highest BCUT2D eigenvalue weighted by Crippen LogP contribution is 2.34. The lowest BCUT2D eigenvalue weighted by molar-refractivity contribution is -0.384. The van der Waals surface area contributed by atoms with E-state index in [-0.39, 0.29) is 18.1 Å². The van der Waals surface area contributed by atoms with Crippen LogP contribution in [0.2, 0.25) is 0 Å². The van der Waals surface area contributed by atoms with Gasteiger partial charge in [-0.25, -0.2) is 0 Å². The first kappa shape index (κ1) is 26.7. The second-order valence-corrected chi connectivity index (χ2v) is 9.68. The molecule has 0 radical (unpaired) electrons. The lowest BCUT2D eigenvalue weighted by Gasteiger charge is -2.13. The van der Waals surface area contributed by atoms with Crippen LogP contribution in [0.4, 0.5) is 5.69 Å². The Morgan fingerprint density at radius 3 is 2.55 bits per heavy atom. The van der Waals surface area contributed by atoms with Crippen LogP contribution in [0, 0.1) is 16.0 Å². The molecule has 38 heavy (non-hydrogen) atoms. The zero-order chi connectivity index (χ0) is 27.1. The molecule has 0 unspecified atom stereocenters. The van der Waals surface area contributed by atoms with Crippen molar-refractivity contribution in [3.8, 4) is 11.5 Å². The average Bonchev–Trinajstić information content (AvgIpc) is 3.52. The summed E-state index contributed by atoms with van der Waals surface area (Å²) in [6.45, 7) is 4.89. The fourth-order valence-corrected chi connectivity index (χ4v) is 4.34. The van der Waals surface area contributed by atoms with Gasteiger partial charge in [-0.15, -0.1) is 5.10 Å². The molecule has 2 heterocycles. The SMILES string of the molecule is COc1cc(/C=N/N=C2\S/C(=C\c3ccc([N+](=O)[O-])cc3)C(=O)N2Cc2ccco2)ccc1OCC(C)C. The van der Waals surface area contributed by atoms with E-state index in [0.717, 1.165) is 17.3 Å². The summed E-state index contributed by atoms with van der Waals surface area (Å²) in [7, 11) is 1.57. The van der Waals surface area contributed by atoms with Crippen LogP contribution in [0.1, 0.15) is 30.7 Å². The molecule has 0 saturated carbocycles. The topological polar surface area (TPSA) is 120 Å². The van der Waals surface area contributed by atoms with Crippen LogP contribution in [0.5, 0.6) is 11.5 Å². The third kappa shape index (κ3) is 6.68. The van der Waals surface area contributed by atoms with E-state index < -0.39 is 4.92 Å². The Balaban J connectivity index is 1.56. The van der Waals surface area contributed by atoms with Gasteiger partial charge in [0.15, 0.2) is 16.7 Å². The lowest BCUT2D eigenvalue weighted by Crippen LogP contribution is -2.28. The number of carbonyl (C=O) groups excluding carboxylic acids is 1. The largest absolute Gasteiger partial charge is 0.493 e. The van der Waals surface area contributed by atoms with Gasteiger partial charge in [-0.05, 0) is 77.3 Å². The number of hydrogen-bond acceptors (Lipinski definition) is 9. The van der Waals surface area contributed by atoms with Gasteiger partial charge in [0.05, 0.1) is 42.6 Å². The predicted molar refractivity (Wildman–Crippen MR) is 146 cm³/mol. The van der Waals surface area contributed by atoms with E-state index in [4.69, 9.17) is 13.9 Å². The zero-order valence-corrected chi connectivity index (χ0v) is 21.9. The second kappa shape index (κ2) is 12.2. The van der Waals surface area contributed by atoms with Crippen molar-refractivity contribution in [3.05, 3.63) is 92.8 Å². The van der Waals surface area contributed by atoms with Gasteiger partial charge in [0.2, 0.25) is 0 Å². The maximum absolute atomic E-state index is 13.2. The number of nitrogens with zero attached hydrogens (tertiary/aromatic N) is 4. The zero-order valence-electron chi connectivity index (χ0n) is 21.1. The van der Waals surface area contributed by atoms with E-state index >= 15 is 0 Å². The summed E-state index contributed by atoms with van der Waals surface area (Å²) >= 11 is 1.16. The Morgan fingerprint density at radius 2 is 1.89 bits per heavy atom. The number of non-ortho nitro benzene ring substituents is 1. The summed E-state index contributed by atoms with van der Waals surface area (Å²) in [5.74, 6) is 1.93. The monoisotopic (exact) mass is 534 g/mol. The smallest absolute Gasteiger partial charge is 0.269 e. The molecule has 4 rings (SSSR count). The summed E-state index contributed by atoms with van der Waals surface area (Å²) in [5, 5.41) is 19.8. The highest BCUT2D eigenvalue weighted by molar-refractivity contribution is 8.18. The molecule has 0 bridgehead atoms. The van der Waals surface area contributed by atoms with E-state index in [9.17, 15) is 14.9 Å². The molecule has 1 aliphatic heterocycles. The van der Waals surface area contributed by atoms with Crippen LogP contribution >= 0.6 is 11.8 Å². The summed E-state index contributed by atoms with van der Waals surface area (Å²) in [5.41, 5.74) is 1.38. The van der Waals surface area contributed by atoms with Crippen molar-refractivity contribution in [2.24, 2.45) is 16.1 Å². The molecule has 0 aliphatic carbocycles. The van der Waals surface area contributed by atoms with E-state index in [1.807, 2.05) is 12.1 Å². The van der Waals surface area contributed by atoms with Gasteiger partial charge in [-0.3, -0.25) is 19.8 Å². The Hall–Kier alpha value is -4.38. The number of nitro groups is 1. The molecule has 0 spiro atoms. The summed E-state index contributed by atoms with van der Waals surface area (Å²) in [6.07, 6.45) is 4.77. The van der Waals surface area contributed by atoms with Gasteiger partial charge in [-0.2, -0.15) is 5.10 Å². The number of furan rings is 1.